The lowest BCUT2D eigenvalue weighted by molar-refractivity contribution is -0.907. The van der Waals surface area contributed by atoms with Crippen molar-refractivity contribution in [1.29, 1.82) is 0 Å². The Morgan fingerprint density at radius 3 is 2.16 bits per heavy atom. The fraction of sp³-hybridized carbons (Fsp3) is 0.278. The van der Waals surface area contributed by atoms with Crippen LogP contribution >= 0.6 is 0 Å². The number of nitrogens with one attached hydrogen (secondary N) is 2. The van der Waals surface area contributed by atoms with Crippen molar-refractivity contribution >= 4 is 11.6 Å². The normalized spacial score (nSPS) is 14.0. The van der Waals surface area contributed by atoms with Crippen LogP contribution in [0.1, 0.15) is 18.1 Å². The van der Waals surface area contributed by atoms with Crippen LogP contribution in [0.5, 0.6) is 0 Å². The molecule has 2 aromatic rings. The number of quaternary nitrogens is 1. The smallest absolute Gasteiger partial charge is 0.324 e. The average Bonchev–Trinajstić information content (AvgIpc) is 2.55. The third kappa shape index (κ3) is 5.29. The summed E-state index contributed by atoms with van der Waals surface area (Å²) < 4.78 is 50.5. The Morgan fingerprint density at radius 1 is 1.08 bits per heavy atom. The Kier molecular flexibility index (Phi) is 5.79. The van der Waals surface area contributed by atoms with Crippen LogP contribution in [0.3, 0.4) is 0 Å². The maximum Gasteiger partial charge on any atom is 0.416 e. The van der Waals surface area contributed by atoms with Gasteiger partial charge >= 0.3 is 6.18 Å². The van der Waals surface area contributed by atoms with Crippen LogP contribution in [-0.2, 0) is 17.5 Å². The molecule has 0 heterocycles. The maximum absolute atomic E-state index is 12.9. The molecule has 0 aliphatic heterocycles. The Labute approximate surface area is 143 Å². The van der Waals surface area contributed by atoms with Crippen molar-refractivity contribution in [3.05, 3.63) is 65.5 Å². The molecule has 0 spiro atoms. The van der Waals surface area contributed by atoms with Gasteiger partial charge in [0.25, 0.3) is 5.91 Å². The summed E-state index contributed by atoms with van der Waals surface area (Å²) in [5, 5.41) is 2.61. The number of halogens is 4. The molecule has 0 aliphatic rings. The lowest BCUT2D eigenvalue weighted by atomic mass is 10.1. The molecule has 0 fully saturated rings. The van der Waals surface area contributed by atoms with Crippen LogP contribution in [0.25, 0.3) is 0 Å². The Morgan fingerprint density at radius 2 is 1.64 bits per heavy atom. The Hall–Kier alpha value is -2.41. The number of carbonyl (C=O) groups excluding carboxylic acids is 1. The third-order valence-electron chi connectivity index (χ3n) is 4.01. The van der Waals surface area contributed by atoms with Gasteiger partial charge in [-0.15, -0.1) is 0 Å². The van der Waals surface area contributed by atoms with Gasteiger partial charge in [0.15, 0.2) is 6.04 Å². The number of amides is 1. The van der Waals surface area contributed by atoms with Crippen LogP contribution in [0, 0.1) is 5.82 Å². The summed E-state index contributed by atoms with van der Waals surface area (Å²) in [7, 11) is 1.82. The van der Waals surface area contributed by atoms with Gasteiger partial charge in [-0.05, 0) is 43.3 Å². The number of benzene rings is 2. The number of hydrogen-bond acceptors (Lipinski definition) is 1. The van der Waals surface area contributed by atoms with E-state index in [1.54, 1.807) is 19.1 Å². The monoisotopic (exact) mass is 355 g/mol. The summed E-state index contributed by atoms with van der Waals surface area (Å²) in [6, 6.07) is 9.88. The topological polar surface area (TPSA) is 33.5 Å². The van der Waals surface area contributed by atoms with E-state index in [9.17, 15) is 22.4 Å². The van der Waals surface area contributed by atoms with E-state index in [0.717, 1.165) is 22.6 Å². The highest BCUT2D eigenvalue weighted by molar-refractivity contribution is 5.93. The number of carbonyl (C=O) groups is 1. The molecule has 25 heavy (non-hydrogen) atoms. The second-order valence-corrected chi connectivity index (χ2v) is 5.94. The molecule has 0 bridgehead atoms. The molecule has 2 N–H and O–H groups in total. The molecular formula is C18H19F4N2O+. The standard InChI is InChI=1S/C18H18F4N2O/c1-12(24(2)11-13-3-7-15(19)8-4-13)17(25)23-16-9-5-14(6-10-16)18(20,21)22/h3-10,12H,11H2,1-2H3,(H,23,25)/p+1/t12-/m1/s1. The Bertz CT molecular complexity index is 711. The predicted molar refractivity (Wildman–Crippen MR) is 86.5 cm³/mol. The fourth-order valence-electron chi connectivity index (χ4n) is 2.29. The van der Waals surface area contributed by atoms with Crippen molar-refractivity contribution < 1.29 is 27.3 Å². The number of alkyl halides is 3. The largest absolute Gasteiger partial charge is 0.416 e. The molecule has 134 valence electrons. The molecule has 7 heteroatoms. The molecule has 1 amide bonds. The third-order valence-corrected chi connectivity index (χ3v) is 4.01. The van der Waals surface area contributed by atoms with Gasteiger partial charge in [-0.25, -0.2) is 4.39 Å². The van der Waals surface area contributed by atoms with Crippen molar-refractivity contribution in [2.24, 2.45) is 0 Å². The van der Waals surface area contributed by atoms with Crippen LogP contribution in [0.4, 0.5) is 23.2 Å². The summed E-state index contributed by atoms with van der Waals surface area (Å²) in [6.45, 7) is 2.24. The van der Waals surface area contributed by atoms with Crippen molar-refractivity contribution in [3.8, 4) is 0 Å². The van der Waals surface area contributed by atoms with Crippen LogP contribution in [0.15, 0.2) is 48.5 Å². The predicted octanol–water partition coefficient (Wildman–Crippen LogP) is 2.89. The summed E-state index contributed by atoms with van der Waals surface area (Å²) >= 11 is 0. The minimum Gasteiger partial charge on any atom is -0.324 e. The summed E-state index contributed by atoms with van der Waals surface area (Å²) in [4.78, 5) is 13.1. The lowest BCUT2D eigenvalue weighted by Crippen LogP contribution is -3.12. The maximum atomic E-state index is 12.9. The summed E-state index contributed by atoms with van der Waals surface area (Å²) in [6.07, 6.45) is -4.41. The minimum absolute atomic E-state index is 0.305. The van der Waals surface area contributed by atoms with Crippen LogP contribution in [0.2, 0.25) is 0 Å². The number of anilines is 1. The zero-order chi connectivity index (χ0) is 18.6. The van der Waals surface area contributed by atoms with E-state index in [4.69, 9.17) is 0 Å². The van der Waals surface area contributed by atoms with E-state index in [-0.39, 0.29) is 11.7 Å². The van der Waals surface area contributed by atoms with Crippen molar-refractivity contribution in [1.82, 2.24) is 0 Å². The van der Waals surface area contributed by atoms with Crippen LogP contribution in [-0.4, -0.2) is 19.0 Å². The van der Waals surface area contributed by atoms with Crippen molar-refractivity contribution in [3.63, 3.8) is 0 Å². The van der Waals surface area contributed by atoms with Gasteiger partial charge in [0.1, 0.15) is 12.4 Å². The first-order valence-corrected chi connectivity index (χ1v) is 7.71. The molecule has 2 aromatic carbocycles. The zero-order valence-corrected chi connectivity index (χ0v) is 13.8. The van der Waals surface area contributed by atoms with Gasteiger partial charge < -0.3 is 10.2 Å². The molecule has 3 nitrogen and oxygen atoms in total. The average molecular weight is 355 g/mol. The zero-order valence-electron chi connectivity index (χ0n) is 13.8. The Balaban J connectivity index is 1.96. The minimum atomic E-state index is -4.41. The van der Waals surface area contributed by atoms with E-state index in [0.29, 0.717) is 12.2 Å². The van der Waals surface area contributed by atoms with Crippen molar-refractivity contribution in [2.75, 3.05) is 12.4 Å². The molecule has 1 unspecified atom stereocenters. The van der Waals surface area contributed by atoms with Gasteiger partial charge in [0.2, 0.25) is 0 Å². The lowest BCUT2D eigenvalue weighted by Gasteiger charge is -2.21. The second-order valence-electron chi connectivity index (χ2n) is 5.94. The second kappa shape index (κ2) is 7.65. The molecule has 0 saturated heterocycles. The molecule has 0 aliphatic carbocycles. The molecular weight excluding hydrogens is 336 g/mol. The summed E-state index contributed by atoms with van der Waals surface area (Å²) in [5.41, 5.74) is 0.421. The molecule has 0 radical (unpaired) electrons. The number of rotatable bonds is 5. The fourth-order valence-corrected chi connectivity index (χ4v) is 2.29. The van der Waals surface area contributed by atoms with Gasteiger partial charge in [0.05, 0.1) is 12.6 Å². The SMILES string of the molecule is C[C@H](C(=O)Nc1ccc(C(F)(F)F)cc1)[NH+](C)Cc1ccc(F)cc1. The highest BCUT2D eigenvalue weighted by Gasteiger charge is 2.30. The molecule has 0 aromatic heterocycles. The van der Waals surface area contributed by atoms with Crippen molar-refractivity contribution in [2.45, 2.75) is 25.7 Å². The van der Waals surface area contributed by atoms with E-state index >= 15 is 0 Å². The quantitative estimate of drug-likeness (QED) is 0.795. The first-order valence-electron chi connectivity index (χ1n) is 7.71. The molecule has 0 saturated carbocycles. The molecule has 2 atom stereocenters. The van der Waals surface area contributed by atoms with Gasteiger partial charge in [0, 0.05) is 11.3 Å². The van der Waals surface area contributed by atoms with E-state index < -0.39 is 17.8 Å². The van der Waals surface area contributed by atoms with Gasteiger partial charge in [-0.1, -0.05) is 12.1 Å². The first kappa shape index (κ1) is 18.9. The van der Waals surface area contributed by atoms with Gasteiger partial charge in [-0.3, -0.25) is 4.79 Å². The van der Waals surface area contributed by atoms with Crippen LogP contribution < -0.4 is 10.2 Å². The molecule has 2 rings (SSSR count). The first-order chi connectivity index (χ1) is 11.7. The van der Waals surface area contributed by atoms with E-state index in [1.165, 1.54) is 24.3 Å². The van der Waals surface area contributed by atoms with Gasteiger partial charge in [-0.2, -0.15) is 13.2 Å². The number of likely N-dealkylation sites (N-methyl/N-ethyl adjacent to an activating group) is 1. The summed E-state index contributed by atoms with van der Waals surface area (Å²) in [5.74, 6) is -0.631. The number of hydrogen-bond donors (Lipinski definition) is 2. The van der Waals surface area contributed by atoms with E-state index in [1.807, 2.05) is 7.05 Å². The van der Waals surface area contributed by atoms with E-state index in [2.05, 4.69) is 5.32 Å². The highest BCUT2D eigenvalue weighted by Crippen LogP contribution is 2.29. The highest BCUT2D eigenvalue weighted by atomic mass is 19.4.